The van der Waals surface area contributed by atoms with Crippen molar-refractivity contribution in [2.24, 2.45) is 35.5 Å². The summed E-state index contributed by atoms with van der Waals surface area (Å²) in [5, 5.41) is 13.4. The average Bonchev–Trinajstić information content (AvgIpc) is 1.18. The van der Waals surface area contributed by atoms with Crippen LogP contribution in [0, 0.1) is 209 Å². The Morgan fingerprint density at radius 2 is 0.575 bits per heavy atom. The van der Waals surface area contributed by atoms with Crippen molar-refractivity contribution in [3.63, 3.8) is 0 Å². The van der Waals surface area contributed by atoms with Crippen LogP contribution >= 0.6 is 22.7 Å². The molecule has 0 radical (unpaired) electrons. The third-order valence-corrected chi connectivity index (χ3v) is 26.6. The zero-order valence-corrected chi connectivity index (χ0v) is 77.3. The average molecular weight is 1540 g/mol. The Morgan fingerprint density at radius 3 is 0.965 bits per heavy atom. The summed E-state index contributed by atoms with van der Waals surface area (Å²) in [6, 6.07) is 63.3. The molecule has 0 spiro atoms. The van der Waals surface area contributed by atoms with Crippen molar-refractivity contribution in [2.45, 2.75) is 253 Å². The molecule has 2 nitrogen and oxygen atoms in total. The van der Waals surface area contributed by atoms with Crippen molar-refractivity contribution in [3.8, 4) is 0 Å². The minimum Gasteiger partial charge on any atom is -0.241 e. The number of aromatic nitrogens is 2. The van der Waals surface area contributed by atoms with Gasteiger partial charge >= 0.3 is 0 Å². The molecule has 2 aliphatic rings. The molecular formula is C109H140N2S2. The van der Waals surface area contributed by atoms with Gasteiger partial charge in [0.2, 0.25) is 0 Å². The van der Waals surface area contributed by atoms with Gasteiger partial charge in [0.25, 0.3) is 0 Å². The molecule has 0 saturated heterocycles. The zero-order valence-electron chi connectivity index (χ0n) is 75.7. The third-order valence-electron chi connectivity index (χ3n) is 24.4. The molecule has 113 heavy (non-hydrogen) atoms. The lowest BCUT2D eigenvalue weighted by Gasteiger charge is -2.29. The molecule has 2 aromatic heterocycles. The molecular weight excluding hydrogens is 1400 g/mol. The molecule has 0 aliphatic heterocycles. The predicted molar refractivity (Wildman–Crippen MR) is 509 cm³/mol. The summed E-state index contributed by atoms with van der Waals surface area (Å²) in [5.41, 5.74) is 33.8. The molecule has 6 atom stereocenters. The third kappa shape index (κ3) is 26.0. The molecule has 16 rings (SSSR count). The Bertz CT molecular complexity index is 5150. The smallest absolute Gasteiger partial charge is 0.0907 e. The van der Waals surface area contributed by atoms with Crippen molar-refractivity contribution in [1.29, 1.82) is 0 Å². The summed E-state index contributed by atoms with van der Waals surface area (Å²) >= 11 is 3.56. The summed E-state index contributed by atoms with van der Waals surface area (Å²) in [5.74, 6) is 5.93. The van der Waals surface area contributed by atoms with Crippen LogP contribution in [0.25, 0.3) is 63.5 Å². The quantitative estimate of drug-likeness (QED) is 0.151. The van der Waals surface area contributed by atoms with Crippen molar-refractivity contribution in [3.05, 3.63) is 314 Å². The van der Waals surface area contributed by atoms with E-state index in [2.05, 4.69) is 401 Å². The minimum atomic E-state index is 0.980. The van der Waals surface area contributed by atoms with Crippen LogP contribution in [-0.4, -0.2) is 9.97 Å². The molecule has 0 amide bonds. The Hall–Kier alpha value is -8.54. The maximum Gasteiger partial charge on any atom is 0.0907 e. The predicted octanol–water partition coefficient (Wildman–Crippen LogP) is 33.2. The summed E-state index contributed by atoms with van der Waals surface area (Å²) in [4.78, 5) is 8.98. The molecule has 14 aromatic rings. The topological polar surface area (TPSA) is 25.8 Å². The van der Waals surface area contributed by atoms with Gasteiger partial charge in [-0.25, -0.2) is 9.97 Å². The number of nitrogens with zero attached hydrogens (tertiary/aromatic N) is 2. The molecule has 4 heteroatoms. The van der Waals surface area contributed by atoms with Crippen LogP contribution in [0.2, 0.25) is 0 Å². The Balaban J connectivity index is 0.000000175. The lowest BCUT2D eigenvalue weighted by molar-refractivity contribution is 0.220. The first-order valence-electron chi connectivity index (χ1n) is 41.9. The van der Waals surface area contributed by atoms with Crippen LogP contribution in [0.3, 0.4) is 0 Å². The van der Waals surface area contributed by atoms with Crippen LogP contribution in [0.5, 0.6) is 0 Å². The second-order valence-corrected chi connectivity index (χ2v) is 36.8. The van der Waals surface area contributed by atoms with Gasteiger partial charge in [0.1, 0.15) is 0 Å². The van der Waals surface area contributed by atoms with E-state index in [-0.39, 0.29) is 0 Å². The number of thiazole rings is 2. The first-order chi connectivity index (χ1) is 53.3. The number of aryl methyl sites for hydroxylation is 25. The van der Waals surface area contributed by atoms with Crippen LogP contribution in [0.4, 0.5) is 0 Å². The van der Waals surface area contributed by atoms with E-state index in [1.54, 1.807) is 22.7 Å². The van der Waals surface area contributed by atoms with Gasteiger partial charge in [-0.2, -0.15) is 0 Å². The van der Waals surface area contributed by atoms with E-state index in [1.807, 2.05) is 0 Å². The second kappa shape index (κ2) is 42.7. The molecule has 2 aliphatic carbocycles. The van der Waals surface area contributed by atoms with E-state index >= 15 is 0 Å². The Kier molecular flexibility index (Phi) is 34.6. The summed E-state index contributed by atoms with van der Waals surface area (Å²) in [6.07, 6.45) is 8.77. The van der Waals surface area contributed by atoms with Gasteiger partial charge in [0.15, 0.2) is 0 Å². The van der Waals surface area contributed by atoms with E-state index in [9.17, 15) is 0 Å². The van der Waals surface area contributed by atoms with Gasteiger partial charge in [-0.15, -0.1) is 22.7 Å². The van der Waals surface area contributed by atoms with E-state index in [4.69, 9.17) is 0 Å². The molecule has 0 bridgehead atoms. The molecule has 2 saturated carbocycles. The minimum absolute atomic E-state index is 0.980. The van der Waals surface area contributed by atoms with Crippen molar-refractivity contribution < 1.29 is 0 Å². The normalized spacial score (nSPS) is 16.1. The first-order valence-corrected chi connectivity index (χ1v) is 43.6. The van der Waals surface area contributed by atoms with Gasteiger partial charge < -0.3 is 0 Å². The molecule has 2 fully saturated rings. The Morgan fingerprint density at radius 1 is 0.239 bits per heavy atom. The van der Waals surface area contributed by atoms with Crippen LogP contribution in [0.1, 0.15) is 218 Å². The van der Waals surface area contributed by atoms with E-state index < -0.39 is 0 Å². The van der Waals surface area contributed by atoms with Crippen molar-refractivity contribution in [1.82, 2.24) is 9.97 Å². The van der Waals surface area contributed by atoms with Gasteiger partial charge in [-0.3, -0.25) is 0 Å². The molecule has 12 aromatic carbocycles. The number of fused-ring (bicyclic) bond motifs is 6. The van der Waals surface area contributed by atoms with Gasteiger partial charge in [0.05, 0.1) is 30.4 Å². The monoisotopic (exact) mass is 1540 g/mol. The van der Waals surface area contributed by atoms with Gasteiger partial charge in [0, 0.05) is 0 Å². The molecule has 598 valence electrons. The maximum atomic E-state index is 4.49. The highest BCUT2D eigenvalue weighted by molar-refractivity contribution is 7.19. The van der Waals surface area contributed by atoms with Gasteiger partial charge in [-0.1, -0.05) is 265 Å². The highest BCUT2D eigenvalue weighted by Gasteiger charge is 2.22. The SMILES string of the molecule is CC1CCC(C)C(C)C1.CC1CCC(C)C(C)C1.Cc1cc(C)c2c(C)c(C)ccc2c1.Cc1cc(C)c2ccccc2c1C.Cc1cc(C)c2ccccc2c1C.Cc1ccc(C)c(C)c1.Cc1ccc(C)c(C)c1.Cc1ccc2c(C)c(C)ccc2c1.Cc1nc2c(C)ccc(C)c2s1.Cc1nc2c(C)ccc(C)c2s1. The number of rotatable bonds is 0. The van der Waals surface area contributed by atoms with Crippen LogP contribution in [0.15, 0.2) is 176 Å². The second-order valence-electron chi connectivity index (χ2n) is 34.4. The fourth-order valence-electron chi connectivity index (χ4n) is 15.8. The fraction of sp³-hybridized carbons (Fsp3) is 0.394. The van der Waals surface area contributed by atoms with Crippen LogP contribution < -0.4 is 0 Å². The van der Waals surface area contributed by atoms with E-state index in [0.717, 1.165) is 45.5 Å². The molecule has 2 heterocycles. The Labute approximate surface area is 693 Å². The highest BCUT2D eigenvalue weighted by atomic mass is 32.1. The largest absolute Gasteiger partial charge is 0.241 e. The summed E-state index contributed by atoms with van der Waals surface area (Å²) in [6.45, 7) is 68.0. The van der Waals surface area contributed by atoms with E-state index in [1.165, 1.54) is 230 Å². The van der Waals surface area contributed by atoms with E-state index in [0.29, 0.717) is 0 Å². The van der Waals surface area contributed by atoms with Crippen molar-refractivity contribution in [2.75, 3.05) is 0 Å². The first kappa shape index (κ1) is 91.6. The number of hydrogen-bond acceptors (Lipinski definition) is 4. The maximum absolute atomic E-state index is 4.49. The molecule has 0 N–H and O–H groups in total. The lowest BCUT2D eigenvalue weighted by Crippen LogP contribution is -2.18. The summed E-state index contributed by atoms with van der Waals surface area (Å²) < 4.78 is 2.68. The summed E-state index contributed by atoms with van der Waals surface area (Å²) in [7, 11) is 0. The van der Waals surface area contributed by atoms with Gasteiger partial charge in [-0.05, 0) is 370 Å². The van der Waals surface area contributed by atoms with Crippen molar-refractivity contribution >= 4 is 86.2 Å². The standard InChI is InChI=1S/C14H16.3C13H14.2C10H11NS.2C9H18.2C9H12/c1-9-7-11(3)14-12(4)10(2)5-6-13(14)8-9;1-9-4-7-13-11(3)10(2)5-6-12(13)8-9;2*1-9-8-10(2)12-6-4-5-7-13(12)11(9)3;2*1-6-4-5-7(2)10-9(6)11-8(3)12-10;4*1-7-4-5-8(2)9(3)6-7/h5-8H,1-4H3;3*4-8H,1-3H3;2*4-5H,1-3H3;2*7-9H,4-6H2,1-3H3;2*4-6H,1-3H3. The van der Waals surface area contributed by atoms with Crippen LogP contribution in [-0.2, 0) is 0 Å². The fourth-order valence-corrected chi connectivity index (χ4v) is 17.7. The number of benzene rings is 12. The lowest BCUT2D eigenvalue weighted by atomic mass is 9.77. The molecule has 6 unspecified atom stereocenters. The zero-order chi connectivity index (χ0) is 83.4. The number of hydrogen-bond donors (Lipinski definition) is 0. The highest BCUT2D eigenvalue weighted by Crippen LogP contribution is 2.36.